The van der Waals surface area contributed by atoms with Gasteiger partial charge in [-0.05, 0) is 36.9 Å². The second-order valence-corrected chi connectivity index (χ2v) is 8.08. The molecule has 1 amide bonds. The van der Waals surface area contributed by atoms with E-state index in [2.05, 4.69) is 15.5 Å². The lowest BCUT2D eigenvalue weighted by Gasteiger charge is -2.31. The monoisotopic (exact) mass is 388 g/mol. The van der Waals surface area contributed by atoms with Crippen LogP contribution in [0.3, 0.4) is 0 Å². The average Bonchev–Trinajstić information content (AvgIpc) is 3.29. The Bertz CT molecular complexity index is 768. The van der Waals surface area contributed by atoms with Crippen molar-refractivity contribution in [1.29, 1.82) is 0 Å². The Labute approximate surface area is 162 Å². The van der Waals surface area contributed by atoms with Gasteiger partial charge in [0.1, 0.15) is 11.4 Å². The van der Waals surface area contributed by atoms with Gasteiger partial charge in [-0.15, -0.1) is 5.10 Å². The number of thiophene rings is 1. The first-order valence-corrected chi connectivity index (χ1v) is 10.2. The van der Waals surface area contributed by atoms with Crippen LogP contribution in [0.1, 0.15) is 22.5 Å². The number of nitrogens with zero attached hydrogens (tertiary/aromatic N) is 3. The molecule has 2 aromatic heterocycles. The molecule has 27 heavy (non-hydrogen) atoms. The maximum Gasteiger partial charge on any atom is 0.254 e. The summed E-state index contributed by atoms with van der Waals surface area (Å²) in [5, 5.41) is 15.4. The van der Waals surface area contributed by atoms with E-state index in [0.717, 1.165) is 30.0 Å². The second kappa shape index (κ2) is 7.92. The van der Waals surface area contributed by atoms with Gasteiger partial charge in [-0.1, -0.05) is 0 Å². The Morgan fingerprint density at radius 2 is 2.33 bits per heavy atom. The van der Waals surface area contributed by atoms with Crippen LogP contribution in [0.15, 0.2) is 29.0 Å². The molecule has 0 bridgehead atoms. The van der Waals surface area contributed by atoms with Gasteiger partial charge in [0.25, 0.3) is 5.91 Å². The molecule has 0 aliphatic carbocycles. The Morgan fingerprint density at radius 3 is 3.11 bits per heavy atom. The zero-order valence-corrected chi connectivity index (χ0v) is 16.2. The van der Waals surface area contributed by atoms with E-state index in [4.69, 9.17) is 9.47 Å². The van der Waals surface area contributed by atoms with Crippen LogP contribution in [-0.2, 0) is 9.47 Å². The fourth-order valence-electron chi connectivity index (χ4n) is 3.67. The summed E-state index contributed by atoms with van der Waals surface area (Å²) < 4.78 is 12.0. The number of ether oxygens (including phenoxy) is 2. The predicted octanol–water partition coefficient (Wildman–Crippen LogP) is 2.21. The first-order valence-electron chi connectivity index (χ1n) is 9.21. The largest absolute Gasteiger partial charge is 0.377 e. The van der Waals surface area contributed by atoms with Crippen LogP contribution in [0.5, 0.6) is 0 Å². The van der Waals surface area contributed by atoms with Gasteiger partial charge >= 0.3 is 0 Å². The normalized spacial score (nSPS) is 25.5. The summed E-state index contributed by atoms with van der Waals surface area (Å²) >= 11 is 1.54. The SMILES string of the molecule is Cc1ccc(NCC2COC3(COCCN(C(=O)c4ccsc4)C3)C2)nn1. The molecule has 2 fully saturated rings. The van der Waals surface area contributed by atoms with Crippen molar-refractivity contribution in [3.05, 3.63) is 40.2 Å². The number of hydrogen-bond donors (Lipinski definition) is 1. The molecule has 2 saturated heterocycles. The van der Waals surface area contributed by atoms with Crippen LogP contribution >= 0.6 is 11.3 Å². The molecule has 0 aromatic carbocycles. The molecule has 2 atom stereocenters. The van der Waals surface area contributed by atoms with Crippen molar-refractivity contribution in [2.75, 3.05) is 44.8 Å². The highest BCUT2D eigenvalue weighted by atomic mass is 32.1. The Balaban J connectivity index is 1.37. The van der Waals surface area contributed by atoms with Crippen molar-refractivity contribution in [2.45, 2.75) is 18.9 Å². The zero-order valence-electron chi connectivity index (χ0n) is 15.4. The van der Waals surface area contributed by atoms with Crippen LogP contribution in [0, 0.1) is 12.8 Å². The zero-order chi connectivity index (χ0) is 18.7. The third-order valence-corrected chi connectivity index (χ3v) is 5.74. The molecule has 1 N–H and O–H groups in total. The maximum absolute atomic E-state index is 12.8. The lowest BCUT2D eigenvalue weighted by Crippen LogP contribution is -2.46. The van der Waals surface area contributed by atoms with E-state index in [9.17, 15) is 4.79 Å². The molecule has 1 spiro atoms. The van der Waals surface area contributed by atoms with Crippen molar-refractivity contribution in [1.82, 2.24) is 15.1 Å². The van der Waals surface area contributed by atoms with Crippen LogP contribution in [0.4, 0.5) is 5.82 Å². The Morgan fingerprint density at radius 1 is 1.41 bits per heavy atom. The molecule has 4 heterocycles. The number of nitrogens with one attached hydrogen (secondary N) is 1. The van der Waals surface area contributed by atoms with Crippen LogP contribution < -0.4 is 5.32 Å². The number of carbonyl (C=O) groups excluding carboxylic acids is 1. The highest BCUT2D eigenvalue weighted by molar-refractivity contribution is 7.08. The number of rotatable bonds is 4. The van der Waals surface area contributed by atoms with Crippen molar-refractivity contribution in [3.63, 3.8) is 0 Å². The number of aryl methyl sites for hydroxylation is 1. The minimum Gasteiger partial charge on any atom is -0.377 e. The van der Waals surface area contributed by atoms with E-state index in [1.807, 2.05) is 40.8 Å². The summed E-state index contributed by atoms with van der Waals surface area (Å²) in [6.07, 6.45) is 0.854. The number of amides is 1. The Kier molecular flexibility index (Phi) is 5.38. The van der Waals surface area contributed by atoms with Gasteiger partial charge in [-0.3, -0.25) is 4.79 Å². The molecule has 144 valence electrons. The molecule has 0 radical (unpaired) electrons. The Hall–Kier alpha value is -2.03. The molecule has 2 aliphatic heterocycles. The van der Waals surface area contributed by atoms with Gasteiger partial charge in [0.05, 0.1) is 37.6 Å². The van der Waals surface area contributed by atoms with E-state index in [1.165, 1.54) is 11.3 Å². The van der Waals surface area contributed by atoms with Crippen molar-refractivity contribution in [2.24, 2.45) is 5.92 Å². The van der Waals surface area contributed by atoms with Crippen LogP contribution in [0.2, 0.25) is 0 Å². The molecule has 2 aromatic rings. The van der Waals surface area contributed by atoms with E-state index in [-0.39, 0.29) is 5.91 Å². The van der Waals surface area contributed by atoms with E-state index < -0.39 is 5.60 Å². The summed E-state index contributed by atoms with van der Waals surface area (Å²) in [4.78, 5) is 14.6. The van der Waals surface area contributed by atoms with E-state index >= 15 is 0 Å². The molecule has 2 unspecified atom stereocenters. The van der Waals surface area contributed by atoms with Gasteiger partial charge in [-0.25, -0.2) is 0 Å². The topological polar surface area (TPSA) is 76.6 Å². The summed E-state index contributed by atoms with van der Waals surface area (Å²) in [7, 11) is 0. The quantitative estimate of drug-likeness (QED) is 0.865. The number of hydrogen-bond acceptors (Lipinski definition) is 7. The van der Waals surface area contributed by atoms with Gasteiger partial charge in [0.2, 0.25) is 0 Å². The van der Waals surface area contributed by atoms with Crippen molar-refractivity contribution >= 4 is 23.1 Å². The highest BCUT2D eigenvalue weighted by Crippen LogP contribution is 2.33. The predicted molar refractivity (Wildman–Crippen MR) is 103 cm³/mol. The second-order valence-electron chi connectivity index (χ2n) is 7.30. The smallest absolute Gasteiger partial charge is 0.254 e. The molecule has 0 saturated carbocycles. The lowest BCUT2D eigenvalue weighted by atomic mass is 9.94. The number of anilines is 1. The summed E-state index contributed by atoms with van der Waals surface area (Å²) in [6.45, 7) is 5.57. The fraction of sp³-hybridized carbons (Fsp3) is 0.526. The first kappa shape index (κ1) is 18.3. The summed E-state index contributed by atoms with van der Waals surface area (Å²) in [5.74, 6) is 1.17. The number of carbonyl (C=O) groups is 1. The summed E-state index contributed by atoms with van der Waals surface area (Å²) in [6, 6.07) is 5.75. The fourth-order valence-corrected chi connectivity index (χ4v) is 4.30. The highest BCUT2D eigenvalue weighted by Gasteiger charge is 2.44. The third-order valence-electron chi connectivity index (χ3n) is 5.06. The van der Waals surface area contributed by atoms with Crippen LogP contribution in [0.25, 0.3) is 0 Å². The van der Waals surface area contributed by atoms with Gasteiger partial charge in [0, 0.05) is 24.4 Å². The molecular weight excluding hydrogens is 364 g/mol. The summed E-state index contributed by atoms with van der Waals surface area (Å²) in [5.41, 5.74) is 1.22. The van der Waals surface area contributed by atoms with Crippen molar-refractivity contribution in [3.8, 4) is 0 Å². The van der Waals surface area contributed by atoms with E-state index in [0.29, 0.717) is 38.8 Å². The minimum atomic E-state index is -0.423. The molecule has 4 rings (SSSR count). The van der Waals surface area contributed by atoms with Gasteiger partial charge in [0.15, 0.2) is 0 Å². The average molecular weight is 388 g/mol. The minimum absolute atomic E-state index is 0.0567. The molecular formula is C19H24N4O3S. The van der Waals surface area contributed by atoms with E-state index in [1.54, 1.807) is 0 Å². The molecule has 8 heteroatoms. The standard InChI is InChI=1S/C19H24N4O3S/c1-14-2-3-17(22-21-14)20-9-15-8-19(26-10-15)12-23(5-6-25-13-19)18(24)16-4-7-27-11-16/h2-4,7,11,15H,5-6,8-10,12-13H2,1H3,(H,20,22). The third kappa shape index (κ3) is 4.28. The van der Waals surface area contributed by atoms with Crippen molar-refractivity contribution < 1.29 is 14.3 Å². The number of aromatic nitrogens is 2. The first-order chi connectivity index (χ1) is 13.1. The molecule has 7 nitrogen and oxygen atoms in total. The maximum atomic E-state index is 12.8. The van der Waals surface area contributed by atoms with Gasteiger partial charge in [-0.2, -0.15) is 16.4 Å². The molecule has 2 aliphatic rings. The van der Waals surface area contributed by atoms with Crippen LogP contribution in [-0.4, -0.2) is 66.1 Å². The van der Waals surface area contributed by atoms with Gasteiger partial charge < -0.3 is 19.7 Å². The lowest BCUT2D eigenvalue weighted by molar-refractivity contribution is -0.0538.